The fourth-order valence-electron chi connectivity index (χ4n) is 7.03. The molecule has 3 aliphatic carbocycles. The minimum Gasteiger partial charge on any atom is -0.447 e. The molecule has 2 heterocycles. The average Bonchev–Trinajstić information content (AvgIpc) is 3.46. The van der Waals surface area contributed by atoms with Crippen LogP contribution in [-0.4, -0.2) is 60.9 Å². The molecule has 1 unspecified atom stereocenters. The van der Waals surface area contributed by atoms with Crippen LogP contribution in [0, 0.1) is 28.6 Å². The van der Waals surface area contributed by atoms with Gasteiger partial charge < -0.3 is 24.3 Å². The molecule has 1 aromatic carbocycles. The number of benzene rings is 1. The molecule has 6 rings (SSSR count). The molecule has 9 heteroatoms. The second-order valence-electron chi connectivity index (χ2n) is 11.6. The predicted molar refractivity (Wildman–Crippen MR) is 133 cm³/mol. The molecule has 8 nitrogen and oxygen atoms in total. The van der Waals surface area contributed by atoms with Crippen molar-refractivity contribution < 1.29 is 23.6 Å². The summed E-state index contributed by atoms with van der Waals surface area (Å²) in [5.41, 5.74) is 0.944. The van der Waals surface area contributed by atoms with E-state index in [2.05, 4.69) is 26.1 Å². The number of likely N-dealkylation sites (tertiary alicyclic amines) is 1. The minimum atomic E-state index is -0.567. The smallest absolute Gasteiger partial charge is 0.447 e. The standard InChI is InChI=1S/C27H36BN3O5/c1-26(2)19-15-21(26)27(3)22(16-19)35-28(36-27)23(14-18-8-5-4-6-9-18)30-25(33)34-17-20-10-7-13-31(20)24(32)11-12-29/h4-6,8-9,19-23H,7,10-11,13-17H2,1-3H3,(H,30,33)/t19-,20+,21-,22+,23?,27-/m0/s1. The molecule has 36 heavy (non-hydrogen) atoms. The Labute approximate surface area is 213 Å². The maximum Gasteiger partial charge on any atom is 0.482 e. The fourth-order valence-corrected chi connectivity index (χ4v) is 7.03. The normalized spacial score (nSPS) is 32.7. The van der Waals surface area contributed by atoms with Gasteiger partial charge in [0.25, 0.3) is 0 Å². The first-order valence-corrected chi connectivity index (χ1v) is 13.2. The third-order valence-electron chi connectivity index (χ3n) is 9.23. The maximum atomic E-state index is 12.9. The Morgan fingerprint density at radius 3 is 2.78 bits per heavy atom. The van der Waals surface area contributed by atoms with E-state index in [0.717, 1.165) is 31.2 Å². The van der Waals surface area contributed by atoms with Crippen molar-refractivity contribution in [2.45, 2.75) is 83.0 Å². The van der Waals surface area contributed by atoms with Gasteiger partial charge in [0.05, 0.1) is 29.8 Å². The number of nitrogens with zero attached hydrogens (tertiary/aromatic N) is 2. The zero-order chi connectivity index (χ0) is 25.5. The van der Waals surface area contributed by atoms with E-state index in [9.17, 15) is 9.59 Å². The highest BCUT2D eigenvalue weighted by atomic mass is 16.7. The molecule has 0 spiro atoms. The Kier molecular flexibility index (Phi) is 6.77. The van der Waals surface area contributed by atoms with E-state index in [1.807, 2.05) is 36.4 Å². The summed E-state index contributed by atoms with van der Waals surface area (Å²) in [4.78, 5) is 26.8. The van der Waals surface area contributed by atoms with Gasteiger partial charge in [0.15, 0.2) is 0 Å². The Balaban J connectivity index is 1.25. The van der Waals surface area contributed by atoms with Crippen LogP contribution in [0.15, 0.2) is 30.3 Å². The first-order valence-electron chi connectivity index (χ1n) is 13.2. The number of carbonyl (C=O) groups excluding carboxylic acids is 2. The molecule has 2 bridgehead atoms. The Morgan fingerprint density at radius 2 is 2.06 bits per heavy atom. The summed E-state index contributed by atoms with van der Waals surface area (Å²) < 4.78 is 18.7. The SMILES string of the molecule is CC1(C)[C@@H]2C[C@H]3OB(C(Cc4ccccc4)NC(=O)OC[C@H]4CCCN4C(=O)CC#N)O[C@@]3(C)[C@H]1C2. The number of amides is 2. The van der Waals surface area contributed by atoms with Gasteiger partial charge in [-0.25, -0.2) is 4.79 Å². The molecule has 5 fully saturated rings. The highest BCUT2D eigenvalue weighted by molar-refractivity contribution is 6.47. The van der Waals surface area contributed by atoms with Crippen LogP contribution in [0.1, 0.15) is 58.4 Å². The van der Waals surface area contributed by atoms with E-state index in [4.69, 9.17) is 19.3 Å². The summed E-state index contributed by atoms with van der Waals surface area (Å²) in [6, 6.07) is 11.7. The van der Waals surface area contributed by atoms with Crippen molar-refractivity contribution >= 4 is 19.1 Å². The summed E-state index contributed by atoms with van der Waals surface area (Å²) >= 11 is 0. The molecule has 5 aliphatic rings. The molecular weight excluding hydrogens is 457 g/mol. The molecule has 3 saturated carbocycles. The lowest BCUT2D eigenvalue weighted by Crippen LogP contribution is -2.65. The molecule has 1 aromatic rings. The van der Waals surface area contributed by atoms with E-state index in [1.165, 1.54) is 0 Å². The van der Waals surface area contributed by atoms with Gasteiger partial charge in [-0.1, -0.05) is 44.2 Å². The van der Waals surface area contributed by atoms with E-state index in [1.54, 1.807) is 4.90 Å². The van der Waals surface area contributed by atoms with Crippen molar-refractivity contribution in [3.63, 3.8) is 0 Å². The summed E-state index contributed by atoms with van der Waals surface area (Å²) in [6.07, 6.45) is 3.61. The second-order valence-corrected chi connectivity index (χ2v) is 11.6. The van der Waals surface area contributed by atoms with Crippen LogP contribution < -0.4 is 5.32 Å². The zero-order valence-corrected chi connectivity index (χ0v) is 21.4. The van der Waals surface area contributed by atoms with Gasteiger partial charge in [-0.3, -0.25) is 4.79 Å². The number of nitriles is 1. The van der Waals surface area contributed by atoms with E-state index in [-0.39, 0.29) is 42.1 Å². The van der Waals surface area contributed by atoms with Crippen LogP contribution >= 0.6 is 0 Å². The first-order chi connectivity index (χ1) is 17.2. The number of carbonyl (C=O) groups is 2. The summed E-state index contributed by atoms with van der Waals surface area (Å²) in [6.45, 7) is 7.52. The monoisotopic (exact) mass is 493 g/mol. The van der Waals surface area contributed by atoms with Crippen molar-refractivity contribution in [2.24, 2.45) is 17.3 Å². The molecule has 6 atom stereocenters. The minimum absolute atomic E-state index is 0.0218. The lowest BCUT2D eigenvalue weighted by atomic mass is 9.43. The van der Waals surface area contributed by atoms with Crippen LogP contribution in [0.2, 0.25) is 0 Å². The van der Waals surface area contributed by atoms with Gasteiger partial charge in [0, 0.05) is 6.54 Å². The average molecular weight is 493 g/mol. The highest BCUT2D eigenvalue weighted by Crippen LogP contribution is 2.65. The van der Waals surface area contributed by atoms with Crippen LogP contribution in [0.5, 0.6) is 0 Å². The molecule has 0 radical (unpaired) electrons. The van der Waals surface area contributed by atoms with Gasteiger partial charge in [-0.15, -0.1) is 0 Å². The van der Waals surface area contributed by atoms with Gasteiger partial charge in [-0.05, 0) is 61.8 Å². The summed E-state index contributed by atoms with van der Waals surface area (Å²) in [7, 11) is -0.567. The maximum absolute atomic E-state index is 12.9. The van der Waals surface area contributed by atoms with Gasteiger partial charge in [0.1, 0.15) is 13.0 Å². The highest BCUT2D eigenvalue weighted by Gasteiger charge is 2.68. The summed E-state index contributed by atoms with van der Waals surface area (Å²) in [5.74, 6) is 0.451. The van der Waals surface area contributed by atoms with Gasteiger partial charge >= 0.3 is 13.2 Å². The largest absolute Gasteiger partial charge is 0.482 e. The second kappa shape index (κ2) is 9.72. The van der Waals surface area contributed by atoms with Crippen molar-refractivity contribution in [3.8, 4) is 6.07 Å². The predicted octanol–water partition coefficient (Wildman–Crippen LogP) is 3.50. The number of alkyl carbamates (subject to hydrolysis) is 1. The molecular formula is C27H36BN3O5. The van der Waals surface area contributed by atoms with Crippen molar-refractivity contribution in [3.05, 3.63) is 35.9 Å². The summed E-state index contributed by atoms with van der Waals surface area (Å²) in [5, 5.41) is 11.9. The molecule has 2 saturated heterocycles. The van der Waals surface area contributed by atoms with Crippen molar-refractivity contribution in [2.75, 3.05) is 13.2 Å². The number of ether oxygens (including phenoxy) is 1. The fraction of sp³-hybridized carbons (Fsp3) is 0.667. The first kappa shape index (κ1) is 25.1. The van der Waals surface area contributed by atoms with Gasteiger partial charge in [0.2, 0.25) is 5.91 Å². The van der Waals surface area contributed by atoms with Crippen LogP contribution in [0.25, 0.3) is 0 Å². The molecule has 1 N–H and O–H groups in total. The Bertz CT molecular complexity index is 1030. The van der Waals surface area contributed by atoms with E-state index >= 15 is 0 Å². The van der Waals surface area contributed by atoms with Crippen molar-refractivity contribution in [1.82, 2.24) is 10.2 Å². The van der Waals surface area contributed by atoms with Crippen LogP contribution in [0.3, 0.4) is 0 Å². The lowest BCUT2D eigenvalue weighted by Gasteiger charge is -2.64. The third-order valence-corrected chi connectivity index (χ3v) is 9.23. The topological polar surface area (TPSA) is 101 Å². The molecule has 2 aliphatic heterocycles. The Morgan fingerprint density at radius 1 is 1.28 bits per heavy atom. The lowest BCUT2D eigenvalue weighted by molar-refractivity contribution is -0.199. The molecule has 2 amide bonds. The number of hydrogen-bond donors (Lipinski definition) is 1. The van der Waals surface area contributed by atoms with Gasteiger partial charge in [-0.2, -0.15) is 5.26 Å². The zero-order valence-electron chi connectivity index (χ0n) is 21.4. The number of nitrogens with one attached hydrogen (secondary N) is 1. The van der Waals surface area contributed by atoms with Crippen LogP contribution in [-0.2, 0) is 25.3 Å². The Hall–Kier alpha value is -2.57. The molecule has 0 aromatic heterocycles. The van der Waals surface area contributed by atoms with E-state index < -0.39 is 19.2 Å². The number of rotatable bonds is 7. The molecule has 192 valence electrons. The van der Waals surface area contributed by atoms with Crippen molar-refractivity contribution in [1.29, 1.82) is 5.26 Å². The third kappa shape index (κ3) is 4.50. The number of hydrogen-bond acceptors (Lipinski definition) is 6. The van der Waals surface area contributed by atoms with Crippen LogP contribution in [0.4, 0.5) is 4.79 Å². The van der Waals surface area contributed by atoms with E-state index in [0.29, 0.717) is 24.8 Å². The quantitative estimate of drug-likeness (QED) is 0.584.